The van der Waals surface area contributed by atoms with Crippen LogP contribution in [0.2, 0.25) is 0 Å². The molecule has 0 radical (unpaired) electrons. The highest BCUT2D eigenvalue weighted by Crippen LogP contribution is 2.22. The monoisotopic (exact) mass is 299 g/mol. The molecule has 3 atom stereocenters. The van der Waals surface area contributed by atoms with Gasteiger partial charge in [-0.1, -0.05) is 13.8 Å². The highest BCUT2D eigenvalue weighted by Gasteiger charge is 2.36. The lowest BCUT2D eigenvalue weighted by Crippen LogP contribution is -2.41. The lowest BCUT2D eigenvalue weighted by Gasteiger charge is -2.17. The normalized spacial score (nSPS) is 22.7. The average molecular weight is 299 g/mol. The molecule has 1 fully saturated rings. The zero-order valence-corrected chi connectivity index (χ0v) is 12.9. The first-order valence-corrected chi connectivity index (χ1v) is 7.40. The summed E-state index contributed by atoms with van der Waals surface area (Å²) in [6.45, 7) is 6.65. The predicted octanol–water partition coefficient (Wildman–Crippen LogP) is 0.653. The van der Waals surface area contributed by atoms with Crippen molar-refractivity contribution in [2.75, 3.05) is 19.6 Å². The summed E-state index contributed by atoms with van der Waals surface area (Å²) in [7, 11) is 0. The van der Waals surface area contributed by atoms with Gasteiger partial charge >= 0.3 is 12.0 Å². The minimum absolute atomic E-state index is 0.0537. The van der Waals surface area contributed by atoms with Crippen molar-refractivity contribution >= 4 is 17.9 Å². The number of hydrogen-bond donors (Lipinski definition) is 3. The first kappa shape index (κ1) is 17.3. The van der Waals surface area contributed by atoms with Gasteiger partial charge in [0.2, 0.25) is 5.91 Å². The number of carboxylic acids is 1. The van der Waals surface area contributed by atoms with E-state index in [1.807, 2.05) is 20.8 Å². The number of carbonyl (C=O) groups excluding carboxylic acids is 2. The van der Waals surface area contributed by atoms with Crippen LogP contribution in [0.15, 0.2) is 0 Å². The van der Waals surface area contributed by atoms with Gasteiger partial charge in [0, 0.05) is 32.1 Å². The number of rotatable bonds is 6. The highest BCUT2D eigenvalue weighted by atomic mass is 16.4. The minimum Gasteiger partial charge on any atom is -0.481 e. The fourth-order valence-corrected chi connectivity index (χ4v) is 2.30. The standard InChI is InChI=1S/C14H25N3O4/c1-4-10(3)16-12(18)5-6-15-14(21)17-7-9(2)11(8-17)13(19)20/h9-11H,4-8H2,1-3H3,(H,15,21)(H,16,18)(H,19,20). The van der Waals surface area contributed by atoms with Crippen LogP contribution in [0.5, 0.6) is 0 Å². The Hall–Kier alpha value is -1.79. The van der Waals surface area contributed by atoms with Gasteiger partial charge in [0.05, 0.1) is 5.92 Å². The Morgan fingerprint density at radius 2 is 2.00 bits per heavy atom. The SMILES string of the molecule is CCC(C)NC(=O)CCNC(=O)N1CC(C)C(C(=O)O)C1. The van der Waals surface area contributed by atoms with Crippen molar-refractivity contribution in [1.82, 2.24) is 15.5 Å². The molecule has 21 heavy (non-hydrogen) atoms. The molecule has 1 rings (SSSR count). The lowest BCUT2D eigenvalue weighted by atomic mass is 9.99. The van der Waals surface area contributed by atoms with Crippen LogP contribution in [0.25, 0.3) is 0 Å². The zero-order chi connectivity index (χ0) is 16.0. The third-order valence-electron chi connectivity index (χ3n) is 3.86. The fraction of sp³-hybridized carbons (Fsp3) is 0.786. The molecule has 1 aliphatic rings. The van der Waals surface area contributed by atoms with Crippen LogP contribution in [0.1, 0.15) is 33.6 Å². The summed E-state index contributed by atoms with van der Waals surface area (Å²) in [5, 5.41) is 14.5. The number of nitrogens with one attached hydrogen (secondary N) is 2. The van der Waals surface area contributed by atoms with Crippen LogP contribution in [0.4, 0.5) is 4.79 Å². The fourth-order valence-electron chi connectivity index (χ4n) is 2.30. The quantitative estimate of drug-likeness (QED) is 0.670. The molecule has 0 aromatic heterocycles. The highest BCUT2D eigenvalue weighted by molar-refractivity contribution is 5.79. The largest absolute Gasteiger partial charge is 0.481 e. The zero-order valence-electron chi connectivity index (χ0n) is 12.9. The summed E-state index contributed by atoms with van der Waals surface area (Å²) in [6, 6.07) is -0.175. The molecular weight excluding hydrogens is 274 g/mol. The maximum atomic E-state index is 11.9. The number of carbonyl (C=O) groups is 3. The third kappa shape index (κ3) is 5.24. The van der Waals surface area contributed by atoms with Gasteiger partial charge in [-0.2, -0.15) is 0 Å². The van der Waals surface area contributed by atoms with Gasteiger partial charge in [-0.3, -0.25) is 9.59 Å². The van der Waals surface area contributed by atoms with E-state index in [2.05, 4.69) is 10.6 Å². The van der Waals surface area contributed by atoms with E-state index in [1.165, 1.54) is 4.90 Å². The van der Waals surface area contributed by atoms with E-state index in [4.69, 9.17) is 5.11 Å². The Morgan fingerprint density at radius 1 is 1.33 bits per heavy atom. The Labute approximate surface area is 125 Å². The average Bonchev–Trinajstić information content (AvgIpc) is 2.80. The molecule has 7 nitrogen and oxygen atoms in total. The van der Waals surface area contributed by atoms with E-state index in [-0.39, 0.29) is 43.4 Å². The van der Waals surface area contributed by atoms with E-state index in [0.29, 0.717) is 6.54 Å². The van der Waals surface area contributed by atoms with Gasteiger partial charge in [-0.05, 0) is 19.3 Å². The molecule has 3 N–H and O–H groups in total. The second-order valence-corrected chi connectivity index (χ2v) is 5.69. The lowest BCUT2D eigenvalue weighted by molar-refractivity contribution is -0.142. The van der Waals surface area contributed by atoms with Crippen molar-refractivity contribution in [2.24, 2.45) is 11.8 Å². The summed E-state index contributed by atoms with van der Waals surface area (Å²) in [4.78, 5) is 36.0. The molecule has 1 heterocycles. The van der Waals surface area contributed by atoms with E-state index in [1.54, 1.807) is 0 Å². The van der Waals surface area contributed by atoms with Crippen molar-refractivity contribution in [1.29, 1.82) is 0 Å². The maximum Gasteiger partial charge on any atom is 0.317 e. The van der Waals surface area contributed by atoms with E-state index < -0.39 is 11.9 Å². The molecule has 3 amide bonds. The van der Waals surface area contributed by atoms with Crippen molar-refractivity contribution in [2.45, 2.75) is 39.7 Å². The number of hydrogen-bond acceptors (Lipinski definition) is 3. The molecule has 7 heteroatoms. The van der Waals surface area contributed by atoms with Gasteiger partial charge in [-0.15, -0.1) is 0 Å². The second kappa shape index (κ2) is 7.85. The molecule has 1 saturated heterocycles. The molecule has 120 valence electrons. The van der Waals surface area contributed by atoms with Gasteiger partial charge in [0.15, 0.2) is 0 Å². The van der Waals surface area contributed by atoms with Gasteiger partial charge in [0.25, 0.3) is 0 Å². The van der Waals surface area contributed by atoms with Crippen LogP contribution in [0, 0.1) is 11.8 Å². The molecular formula is C14H25N3O4. The first-order valence-electron chi connectivity index (χ1n) is 7.40. The first-order chi connectivity index (χ1) is 9.85. The smallest absolute Gasteiger partial charge is 0.317 e. The van der Waals surface area contributed by atoms with E-state index in [0.717, 1.165) is 6.42 Å². The predicted molar refractivity (Wildman–Crippen MR) is 77.8 cm³/mol. The van der Waals surface area contributed by atoms with E-state index >= 15 is 0 Å². The number of amides is 3. The van der Waals surface area contributed by atoms with Crippen molar-refractivity contribution in [3.63, 3.8) is 0 Å². The summed E-state index contributed by atoms with van der Waals surface area (Å²) in [5.74, 6) is -1.53. The van der Waals surface area contributed by atoms with Crippen LogP contribution in [0.3, 0.4) is 0 Å². The molecule has 1 aliphatic heterocycles. The number of urea groups is 1. The maximum absolute atomic E-state index is 11.9. The molecule has 0 aliphatic carbocycles. The van der Waals surface area contributed by atoms with Gasteiger partial charge in [0.1, 0.15) is 0 Å². The van der Waals surface area contributed by atoms with Crippen LogP contribution in [-0.4, -0.2) is 53.6 Å². The van der Waals surface area contributed by atoms with Crippen LogP contribution in [-0.2, 0) is 9.59 Å². The Morgan fingerprint density at radius 3 is 2.52 bits per heavy atom. The molecule has 0 spiro atoms. The van der Waals surface area contributed by atoms with Crippen molar-refractivity contribution in [3.8, 4) is 0 Å². The number of nitrogens with zero attached hydrogens (tertiary/aromatic N) is 1. The number of carboxylic acid groups (broad SMARTS) is 1. The number of likely N-dealkylation sites (tertiary alicyclic amines) is 1. The van der Waals surface area contributed by atoms with Crippen molar-refractivity contribution < 1.29 is 19.5 Å². The van der Waals surface area contributed by atoms with Gasteiger partial charge < -0.3 is 20.6 Å². The molecule has 0 saturated carbocycles. The number of aliphatic carboxylic acids is 1. The summed E-state index contributed by atoms with van der Waals surface area (Å²) < 4.78 is 0. The minimum atomic E-state index is -0.870. The molecule has 0 aromatic carbocycles. The van der Waals surface area contributed by atoms with Crippen molar-refractivity contribution in [3.05, 3.63) is 0 Å². The van der Waals surface area contributed by atoms with Gasteiger partial charge in [-0.25, -0.2) is 4.79 Å². The van der Waals surface area contributed by atoms with E-state index in [9.17, 15) is 14.4 Å². The Kier molecular flexibility index (Phi) is 6.45. The summed E-state index contributed by atoms with van der Waals surface area (Å²) >= 11 is 0. The summed E-state index contributed by atoms with van der Waals surface area (Å²) in [6.07, 6.45) is 1.09. The van der Waals surface area contributed by atoms with Crippen LogP contribution >= 0.6 is 0 Å². The Bertz CT molecular complexity index is 400. The summed E-state index contributed by atoms with van der Waals surface area (Å²) in [5.41, 5.74) is 0. The van der Waals surface area contributed by atoms with Crippen LogP contribution < -0.4 is 10.6 Å². The Balaban J connectivity index is 2.29. The topological polar surface area (TPSA) is 98.7 Å². The molecule has 0 aromatic rings. The second-order valence-electron chi connectivity index (χ2n) is 5.69. The molecule has 0 bridgehead atoms. The molecule has 3 unspecified atom stereocenters. The third-order valence-corrected chi connectivity index (χ3v) is 3.86.